The maximum absolute atomic E-state index is 11.4. The number of aliphatic hydroxyl groups is 2. The molecule has 36 heavy (non-hydrogen) atoms. The molecule has 1 fully saturated rings. The summed E-state index contributed by atoms with van der Waals surface area (Å²) in [5.74, 6) is 0. The van der Waals surface area contributed by atoms with E-state index in [2.05, 4.69) is 101 Å². The number of aryl methyl sites for hydroxylation is 2. The minimum Gasteiger partial charge on any atom is -0.395 e. The van der Waals surface area contributed by atoms with Crippen molar-refractivity contribution < 1.29 is 10.2 Å². The molecular weight excluding hydrogens is 446 g/mol. The van der Waals surface area contributed by atoms with Crippen molar-refractivity contribution in [3.63, 3.8) is 0 Å². The Labute approximate surface area is 214 Å². The summed E-state index contributed by atoms with van der Waals surface area (Å²) in [6.07, 6.45) is -0.489. The van der Waals surface area contributed by atoms with Gasteiger partial charge in [0.1, 0.15) is 0 Å². The third-order valence-electron chi connectivity index (χ3n) is 7.34. The molecule has 1 saturated heterocycles. The molecule has 0 radical (unpaired) electrons. The van der Waals surface area contributed by atoms with E-state index in [9.17, 15) is 10.2 Å². The average molecular weight is 484 g/mol. The van der Waals surface area contributed by atoms with E-state index in [-0.39, 0.29) is 6.61 Å². The Morgan fingerprint density at radius 2 is 1.39 bits per heavy atom. The van der Waals surface area contributed by atoms with Crippen molar-refractivity contribution in [2.75, 3.05) is 45.9 Å². The highest BCUT2D eigenvalue weighted by atomic mass is 16.3. The van der Waals surface area contributed by atoms with Crippen molar-refractivity contribution in [1.29, 1.82) is 0 Å². The quantitative estimate of drug-likeness (QED) is 0.386. The SMILES string of the molecule is Cc1cc(C)c2c(c1)c(-c1ccccc1)c(-c1ccccc1)n2C[C@@H](O)CN1CCN(CCO)CC1. The first kappa shape index (κ1) is 24.7. The van der Waals surface area contributed by atoms with Crippen LogP contribution in [0.1, 0.15) is 11.1 Å². The highest BCUT2D eigenvalue weighted by molar-refractivity contribution is 6.06. The zero-order valence-electron chi connectivity index (χ0n) is 21.4. The van der Waals surface area contributed by atoms with Crippen LogP contribution in [0.2, 0.25) is 0 Å². The van der Waals surface area contributed by atoms with E-state index in [0.29, 0.717) is 13.1 Å². The van der Waals surface area contributed by atoms with E-state index >= 15 is 0 Å². The third-order valence-corrected chi connectivity index (χ3v) is 7.34. The summed E-state index contributed by atoms with van der Waals surface area (Å²) in [7, 11) is 0. The Morgan fingerprint density at radius 1 is 0.778 bits per heavy atom. The lowest BCUT2D eigenvalue weighted by Gasteiger charge is -2.35. The summed E-state index contributed by atoms with van der Waals surface area (Å²) < 4.78 is 2.36. The Bertz CT molecular complexity index is 1290. The Hall–Kier alpha value is -2.96. The standard InChI is InChI=1S/C31H37N3O2/c1-23-19-24(2)30-28(20-23)29(25-9-5-3-6-10-25)31(26-11-7-4-8-12-26)34(30)22-27(36)21-33-15-13-32(14-16-33)17-18-35/h3-12,19-20,27,35-36H,13-18,21-22H2,1-2H3/t27-/m0/s1. The summed E-state index contributed by atoms with van der Waals surface area (Å²) in [4.78, 5) is 4.63. The van der Waals surface area contributed by atoms with Crippen molar-refractivity contribution in [2.45, 2.75) is 26.5 Å². The lowest BCUT2D eigenvalue weighted by atomic mass is 9.97. The van der Waals surface area contributed by atoms with Gasteiger partial charge in [-0.05, 0) is 36.6 Å². The minimum atomic E-state index is -0.489. The Balaban J connectivity index is 1.57. The molecular formula is C31H37N3O2. The molecule has 0 saturated carbocycles. The molecule has 1 atom stereocenters. The molecule has 3 aromatic carbocycles. The summed E-state index contributed by atoms with van der Waals surface area (Å²) in [6, 6.07) is 25.7. The third kappa shape index (κ3) is 5.11. The molecule has 4 aromatic rings. The van der Waals surface area contributed by atoms with Crippen molar-refractivity contribution in [2.24, 2.45) is 0 Å². The number of nitrogens with zero attached hydrogens (tertiary/aromatic N) is 3. The first-order valence-electron chi connectivity index (χ1n) is 13.0. The van der Waals surface area contributed by atoms with Gasteiger partial charge in [-0.3, -0.25) is 9.80 Å². The van der Waals surface area contributed by atoms with Gasteiger partial charge in [0.15, 0.2) is 0 Å². The highest BCUT2D eigenvalue weighted by Crippen LogP contribution is 2.42. The smallest absolute Gasteiger partial charge is 0.0845 e. The van der Waals surface area contributed by atoms with Gasteiger partial charge in [-0.2, -0.15) is 0 Å². The first-order valence-corrected chi connectivity index (χ1v) is 13.0. The molecule has 1 aliphatic rings. The molecule has 0 amide bonds. The largest absolute Gasteiger partial charge is 0.395 e. The van der Waals surface area contributed by atoms with Gasteiger partial charge < -0.3 is 14.8 Å². The number of rotatable bonds is 8. The highest BCUT2D eigenvalue weighted by Gasteiger charge is 2.25. The second kappa shape index (κ2) is 11.0. The summed E-state index contributed by atoms with van der Waals surface area (Å²) in [6.45, 7) is 10.2. The molecule has 5 heteroatoms. The van der Waals surface area contributed by atoms with Crippen LogP contribution in [0.4, 0.5) is 0 Å². The Kier molecular flexibility index (Phi) is 7.54. The normalized spacial score (nSPS) is 16.0. The molecule has 2 N–H and O–H groups in total. The van der Waals surface area contributed by atoms with Gasteiger partial charge in [-0.15, -0.1) is 0 Å². The second-order valence-corrected chi connectivity index (χ2v) is 10.1. The fourth-order valence-electron chi connectivity index (χ4n) is 5.76. The van der Waals surface area contributed by atoms with Crippen LogP contribution in [0.15, 0.2) is 72.8 Å². The van der Waals surface area contributed by atoms with Crippen LogP contribution < -0.4 is 0 Å². The first-order chi connectivity index (χ1) is 17.5. The van der Waals surface area contributed by atoms with Crippen molar-refractivity contribution >= 4 is 10.9 Å². The zero-order chi connectivity index (χ0) is 25.1. The predicted molar refractivity (Wildman–Crippen MR) is 148 cm³/mol. The fraction of sp³-hybridized carbons (Fsp3) is 0.355. The van der Waals surface area contributed by atoms with Crippen LogP contribution in [0.3, 0.4) is 0 Å². The number of β-amino-alcohol motifs (C(OH)–C–C–N with tert-alkyl or cyclic N) is 2. The van der Waals surface area contributed by atoms with Gasteiger partial charge in [0, 0.05) is 50.2 Å². The molecule has 5 rings (SSSR count). The number of hydrogen-bond acceptors (Lipinski definition) is 4. The second-order valence-electron chi connectivity index (χ2n) is 10.1. The maximum Gasteiger partial charge on any atom is 0.0845 e. The lowest BCUT2D eigenvalue weighted by Crippen LogP contribution is -2.49. The van der Waals surface area contributed by atoms with E-state index in [1.54, 1.807) is 0 Å². The van der Waals surface area contributed by atoms with Crippen LogP contribution in [-0.4, -0.2) is 76.6 Å². The minimum absolute atomic E-state index is 0.203. The van der Waals surface area contributed by atoms with Gasteiger partial charge in [-0.1, -0.05) is 72.3 Å². The summed E-state index contributed by atoms with van der Waals surface area (Å²) in [5.41, 5.74) is 8.43. The van der Waals surface area contributed by atoms with E-state index in [1.807, 2.05) is 0 Å². The number of benzene rings is 3. The fourth-order valence-corrected chi connectivity index (χ4v) is 5.76. The number of aliphatic hydroxyl groups excluding tert-OH is 2. The van der Waals surface area contributed by atoms with E-state index < -0.39 is 6.10 Å². The molecule has 1 aromatic heterocycles. The number of aromatic nitrogens is 1. The van der Waals surface area contributed by atoms with Gasteiger partial charge >= 0.3 is 0 Å². The van der Waals surface area contributed by atoms with Crippen molar-refractivity contribution in [1.82, 2.24) is 14.4 Å². The molecule has 0 aliphatic carbocycles. The predicted octanol–water partition coefficient (Wildman–Crippen LogP) is 4.56. The molecule has 188 valence electrons. The van der Waals surface area contributed by atoms with Crippen molar-refractivity contribution in [3.05, 3.63) is 83.9 Å². The van der Waals surface area contributed by atoms with E-state index in [0.717, 1.165) is 44.0 Å². The topological polar surface area (TPSA) is 51.9 Å². The Morgan fingerprint density at radius 3 is 2.03 bits per heavy atom. The zero-order valence-corrected chi connectivity index (χ0v) is 21.4. The number of fused-ring (bicyclic) bond motifs is 1. The summed E-state index contributed by atoms with van der Waals surface area (Å²) in [5, 5.41) is 21.8. The van der Waals surface area contributed by atoms with Crippen LogP contribution in [0, 0.1) is 13.8 Å². The maximum atomic E-state index is 11.4. The molecule has 0 spiro atoms. The van der Waals surface area contributed by atoms with E-state index in [1.165, 1.54) is 33.2 Å². The van der Waals surface area contributed by atoms with Crippen LogP contribution in [0.5, 0.6) is 0 Å². The van der Waals surface area contributed by atoms with Gasteiger partial charge in [0.2, 0.25) is 0 Å². The number of hydrogen-bond donors (Lipinski definition) is 2. The molecule has 0 bridgehead atoms. The monoisotopic (exact) mass is 483 g/mol. The van der Waals surface area contributed by atoms with Crippen LogP contribution >= 0.6 is 0 Å². The molecule has 2 heterocycles. The number of piperazine rings is 1. The summed E-state index contributed by atoms with van der Waals surface area (Å²) >= 11 is 0. The van der Waals surface area contributed by atoms with E-state index in [4.69, 9.17) is 0 Å². The molecule has 1 aliphatic heterocycles. The van der Waals surface area contributed by atoms with Crippen LogP contribution in [0.25, 0.3) is 33.3 Å². The van der Waals surface area contributed by atoms with Gasteiger partial charge in [0.25, 0.3) is 0 Å². The van der Waals surface area contributed by atoms with Gasteiger partial charge in [-0.25, -0.2) is 0 Å². The van der Waals surface area contributed by atoms with Crippen LogP contribution in [-0.2, 0) is 6.54 Å². The van der Waals surface area contributed by atoms with Crippen molar-refractivity contribution in [3.8, 4) is 22.4 Å². The lowest BCUT2D eigenvalue weighted by molar-refractivity contribution is 0.0598. The van der Waals surface area contributed by atoms with Gasteiger partial charge in [0.05, 0.1) is 30.5 Å². The molecule has 0 unspecified atom stereocenters. The average Bonchev–Trinajstić information content (AvgIpc) is 3.20. The molecule has 5 nitrogen and oxygen atoms in total.